The van der Waals surface area contributed by atoms with Crippen molar-refractivity contribution in [1.29, 1.82) is 0 Å². The Balaban J connectivity index is 3.04. The molecule has 0 spiro atoms. The summed E-state index contributed by atoms with van der Waals surface area (Å²) in [6.07, 6.45) is 1.71. The molecule has 3 heteroatoms. The van der Waals surface area contributed by atoms with E-state index in [4.69, 9.17) is 14.6 Å². The molecular weight excluding hydrogens is 120 g/mol. The molecule has 0 aliphatic heterocycles. The monoisotopic (exact) mass is 128 g/mol. The predicted molar refractivity (Wildman–Crippen MR) is 31.4 cm³/mol. The van der Waals surface area contributed by atoms with Gasteiger partial charge in [-0.15, -0.1) is 0 Å². The van der Waals surface area contributed by atoms with Gasteiger partial charge in [-0.3, -0.25) is 0 Å². The Kier molecular flexibility index (Phi) is 1.34. The van der Waals surface area contributed by atoms with Crippen LogP contribution in [0.1, 0.15) is 12.7 Å². The molecule has 1 heterocycles. The van der Waals surface area contributed by atoms with E-state index >= 15 is 0 Å². The van der Waals surface area contributed by atoms with Crippen LogP contribution in [0.25, 0.3) is 0 Å². The maximum absolute atomic E-state index is 8.89. The van der Waals surface area contributed by atoms with Crippen LogP contribution in [0.5, 0.6) is 11.5 Å². The Bertz CT molecular complexity index is 202. The summed E-state index contributed by atoms with van der Waals surface area (Å²) in [6, 6.07) is 0. The second kappa shape index (κ2) is 2.01. The molecule has 3 nitrogen and oxygen atoms in total. The second-order valence-corrected chi connectivity index (χ2v) is 1.75. The maximum Gasteiger partial charge on any atom is 0.200 e. The van der Waals surface area contributed by atoms with E-state index in [1.54, 1.807) is 0 Å². The van der Waals surface area contributed by atoms with E-state index in [2.05, 4.69) is 0 Å². The van der Waals surface area contributed by atoms with Gasteiger partial charge in [-0.05, 0) is 0 Å². The Hall–Kier alpha value is -1.12. The first-order valence-electron chi connectivity index (χ1n) is 2.74. The highest BCUT2D eigenvalue weighted by Gasteiger charge is 2.07. The predicted octanol–water partition coefficient (Wildman–Crippen LogP) is 1.25. The summed E-state index contributed by atoms with van der Waals surface area (Å²) in [5.41, 5.74) is 0. The summed E-state index contributed by atoms with van der Waals surface area (Å²) in [7, 11) is 0. The largest absolute Gasteiger partial charge is 0.502 e. The lowest BCUT2D eigenvalue weighted by molar-refractivity contribution is 0.403. The number of hydrogen-bond donors (Lipinski definition) is 2. The van der Waals surface area contributed by atoms with Crippen LogP contribution in [0.2, 0.25) is 0 Å². The highest BCUT2D eigenvalue weighted by molar-refractivity contribution is 5.37. The molecule has 0 fully saturated rings. The van der Waals surface area contributed by atoms with Crippen LogP contribution in [-0.4, -0.2) is 10.2 Å². The molecule has 0 aromatic carbocycles. The van der Waals surface area contributed by atoms with Crippen LogP contribution in [0.3, 0.4) is 0 Å². The Morgan fingerprint density at radius 2 is 2.22 bits per heavy atom. The normalized spacial score (nSPS) is 9.89. The van der Waals surface area contributed by atoms with Crippen molar-refractivity contribution in [2.75, 3.05) is 0 Å². The summed E-state index contributed by atoms with van der Waals surface area (Å²) in [6.45, 7) is 1.83. The molecule has 0 saturated carbocycles. The van der Waals surface area contributed by atoms with E-state index in [9.17, 15) is 0 Å². The lowest BCUT2D eigenvalue weighted by Crippen LogP contribution is -1.71. The first-order chi connectivity index (χ1) is 4.25. The molecule has 9 heavy (non-hydrogen) atoms. The van der Waals surface area contributed by atoms with E-state index in [0.29, 0.717) is 12.2 Å². The summed E-state index contributed by atoms with van der Waals surface area (Å²) in [4.78, 5) is 0. The van der Waals surface area contributed by atoms with Crippen LogP contribution in [0, 0.1) is 0 Å². The zero-order valence-corrected chi connectivity index (χ0v) is 5.09. The third kappa shape index (κ3) is 0.850. The first kappa shape index (κ1) is 6.01. The zero-order chi connectivity index (χ0) is 6.85. The SMILES string of the molecule is CCc1occ(O)c1O. The average molecular weight is 128 g/mol. The topological polar surface area (TPSA) is 53.6 Å². The minimum absolute atomic E-state index is 0.141. The van der Waals surface area contributed by atoms with E-state index in [1.807, 2.05) is 6.92 Å². The summed E-state index contributed by atoms with van der Waals surface area (Å²) < 4.78 is 4.74. The fraction of sp³-hybridized carbons (Fsp3) is 0.333. The van der Waals surface area contributed by atoms with Crippen LogP contribution >= 0.6 is 0 Å². The van der Waals surface area contributed by atoms with Gasteiger partial charge in [0.2, 0.25) is 0 Å². The highest BCUT2D eigenvalue weighted by atomic mass is 16.4. The third-order valence-electron chi connectivity index (χ3n) is 1.14. The Morgan fingerprint density at radius 1 is 1.56 bits per heavy atom. The molecule has 0 bridgehead atoms. The number of aromatic hydroxyl groups is 2. The van der Waals surface area contributed by atoms with E-state index in [-0.39, 0.29) is 11.5 Å². The van der Waals surface area contributed by atoms with Crippen molar-refractivity contribution in [3.8, 4) is 11.5 Å². The number of hydrogen-bond acceptors (Lipinski definition) is 3. The van der Waals surface area contributed by atoms with Gasteiger partial charge in [0.1, 0.15) is 12.0 Å². The highest BCUT2D eigenvalue weighted by Crippen LogP contribution is 2.30. The van der Waals surface area contributed by atoms with Crippen molar-refractivity contribution in [2.24, 2.45) is 0 Å². The van der Waals surface area contributed by atoms with Crippen LogP contribution in [-0.2, 0) is 6.42 Å². The Morgan fingerprint density at radius 3 is 2.44 bits per heavy atom. The quantitative estimate of drug-likeness (QED) is 0.598. The van der Waals surface area contributed by atoms with Gasteiger partial charge in [0.25, 0.3) is 0 Å². The van der Waals surface area contributed by atoms with Crippen molar-refractivity contribution in [3.63, 3.8) is 0 Å². The number of rotatable bonds is 1. The zero-order valence-electron chi connectivity index (χ0n) is 5.09. The van der Waals surface area contributed by atoms with Gasteiger partial charge >= 0.3 is 0 Å². The molecule has 0 saturated heterocycles. The fourth-order valence-corrected chi connectivity index (χ4v) is 0.632. The lowest BCUT2D eigenvalue weighted by atomic mass is 10.3. The van der Waals surface area contributed by atoms with Gasteiger partial charge in [0.05, 0.1) is 0 Å². The minimum Gasteiger partial charge on any atom is -0.502 e. The van der Waals surface area contributed by atoms with Crippen molar-refractivity contribution in [1.82, 2.24) is 0 Å². The second-order valence-electron chi connectivity index (χ2n) is 1.75. The summed E-state index contributed by atoms with van der Waals surface area (Å²) >= 11 is 0. The van der Waals surface area contributed by atoms with Crippen LogP contribution < -0.4 is 0 Å². The Labute approximate surface area is 52.5 Å². The molecule has 0 radical (unpaired) electrons. The van der Waals surface area contributed by atoms with Gasteiger partial charge in [-0.25, -0.2) is 0 Å². The first-order valence-corrected chi connectivity index (χ1v) is 2.74. The van der Waals surface area contributed by atoms with E-state index in [0.717, 1.165) is 6.26 Å². The summed E-state index contributed by atoms with van der Waals surface area (Å²) in [5.74, 6) is 0.0943. The summed E-state index contributed by atoms with van der Waals surface area (Å²) in [5, 5.41) is 17.6. The lowest BCUT2D eigenvalue weighted by Gasteiger charge is -1.87. The molecule has 1 rings (SSSR count). The van der Waals surface area contributed by atoms with Gasteiger partial charge in [-0.2, -0.15) is 0 Å². The van der Waals surface area contributed by atoms with Crippen molar-refractivity contribution >= 4 is 0 Å². The smallest absolute Gasteiger partial charge is 0.200 e. The average Bonchev–Trinajstić information content (AvgIpc) is 2.15. The van der Waals surface area contributed by atoms with E-state index in [1.165, 1.54) is 0 Å². The molecule has 0 aliphatic rings. The third-order valence-corrected chi connectivity index (χ3v) is 1.14. The molecule has 50 valence electrons. The molecule has 1 aromatic rings. The van der Waals surface area contributed by atoms with Crippen LogP contribution in [0.15, 0.2) is 10.7 Å². The van der Waals surface area contributed by atoms with Crippen molar-refractivity contribution in [3.05, 3.63) is 12.0 Å². The number of aryl methyl sites for hydroxylation is 1. The fourth-order valence-electron chi connectivity index (χ4n) is 0.632. The number of furan rings is 1. The van der Waals surface area contributed by atoms with E-state index < -0.39 is 0 Å². The minimum atomic E-state index is -0.188. The van der Waals surface area contributed by atoms with Crippen molar-refractivity contribution < 1.29 is 14.6 Å². The molecule has 0 aliphatic carbocycles. The molecule has 1 aromatic heterocycles. The maximum atomic E-state index is 8.89. The standard InChI is InChI=1S/C6H8O3/c1-2-5-6(8)4(7)3-9-5/h3,7-8H,2H2,1H3. The van der Waals surface area contributed by atoms with Gasteiger partial charge in [0.15, 0.2) is 11.5 Å². The van der Waals surface area contributed by atoms with Gasteiger partial charge in [-0.1, -0.05) is 6.92 Å². The molecule has 0 amide bonds. The van der Waals surface area contributed by atoms with Crippen LogP contribution in [0.4, 0.5) is 0 Å². The molecular formula is C6H8O3. The molecule has 0 unspecified atom stereocenters. The van der Waals surface area contributed by atoms with Gasteiger partial charge in [0, 0.05) is 6.42 Å². The van der Waals surface area contributed by atoms with Gasteiger partial charge < -0.3 is 14.6 Å². The molecule has 2 N–H and O–H groups in total. The molecule has 0 atom stereocenters. The van der Waals surface area contributed by atoms with Crippen molar-refractivity contribution in [2.45, 2.75) is 13.3 Å².